The van der Waals surface area contributed by atoms with Gasteiger partial charge in [0.25, 0.3) is 0 Å². The molecule has 1 aromatic carbocycles. The maximum absolute atomic E-state index is 11.4. The number of benzene rings is 1. The largest absolute Gasteiger partial charge is 0.481 e. The van der Waals surface area contributed by atoms with Gasteiger partial charge in [-0.15, -0.1) is 0 Å². The summed E-state index contributed by atoms with van der Waals surface area (Å²) in [5, 5.41) is 9.39. The third-order valence-corrected chi connectivity index (χ3v) is 3.62. The van der Waals surface area contributed by atoms with Gasteiger partial charge in [0.05, 0.1) is 5.92 Å². The Hall–Kier alpha value is -0.830. The summed E-state index contributed by atoms with van der Waals surface area (Å²) in [5.74, 6) is -1.11. The molecule has 2 nitrogen and oxygen atoms in total. The van der Waals surface area contributed by atoms with Gasteiger partial charge in [-0.1, -0.05) is 55.8 Å². The van der Waals surface area contributed by atoms with E-state index >= 15 is 0 Å². The Morgan fingerprint density at radius 3 is 2.06 bits per heavy atom. The van der Waals surface area contributed by atoms with Crippen LogP contribution in [-0.4, -0.2) is 11.1 Å². The average Bonchev–Trinajstić information content (AvgIpc) is 2.15. The molecule has 2 unspecified atom stereocenters. The van der Waals surface area contributed by atoms with Crippen molar-refractivity contribution in [2.75, 3.05) is 0 Å². The molecule has 1 N–H and O–H groups in total. The van der Waals surface area contributed by atoms with Gasteiger partial charge < -0.3 is 5.11 Å². The van der Waals surface area contributed by atoms with Gasteiger partial charge in [0.1, 0.15) is 0 Å². The molecule has 3 heteroatoms. The highest BCUT2D eigenvalue weighted by Crippen LogP contribution is 2.38. The van der Waals surface area contributed by atoms with Crippen LogP contribution in [0.5, 0.6) is 0 Å². The third-order valence-electron chi connectivity index (χ3n) is 3.09. The summed E-state index contributed by atoms with van der Waals surface area (Å²) >= 11 is 3.38. The standard InChI is InChI=1S/C14H19BrO2/c1-9(10-5-7-11(15)8-6-10)12(13(16)17)14(2,3)4/h5-9,12H,1-4H3,(H,16,17). The van der Waals surface area contributed by atoms with Crippen LogP contribution in [0.2, 0.25) is 0 Å². The van der Waals surface area contributed by atoms with Crippen LogP contribution >= 0.6 is 15.9 Å². The molecule has 0 aliphatic heterocycles. The highest BCUT2D eigenvalue weighted by atomic mass is 79.9. The molecule has 0 bridgehead atoms. The molecule has 1 aromatic rings. The van der Waals surface area contributed by atoms with Gasteiger partial charge >= 0.3 is 5.97 Å². The van der Waals surface area contributed by atoms with Crippen LogP contribution in [0.15, 0.2) is 28.7 Å². The van der Waals surface area contributed by atoms with Crippen molar-refractivity contribution >= 4 is 21.9 Å². The van der Waals surface area contributed by atoms with Crippen molar-refractivity contribution in [2.45, 2.75) is 33.6 Å². The minimum atomic E-state index is -0.729. The average molecular weight is 299 g/mol. The Kier molecular flexibility index (Phi) is 4.36. The predicted octanol–water partition coefficient (Wildman–Crippen LogP) is 4.30. The fourth-order valence-corrected chi connectivity index (χ4v) is 2.56. The second-order valence-corrected chi connectivity index (χ2v) is 6.44. The molecule has 0 aromatic heterocycles. The quantitative estimate of drug-likeness (QED) is 0.903. The summed E-state index contributed by atoms with van der Waals surface area (Å²) in [4.78, 5) is 11.4. The van der Waals surface area contributed by atoms with Crippen molar-refractivity contribution < 1.29 is 9.90 Å². The van der Waals surface area contributed by atoms with E-state index in [0.717, 1.165) is 10.0 Å². The SMILES string of the molecule is CC(c1ccc(Br)cc1)C(C(=O)O)C(C)(C)C. The van der Waals surface area contributed by atoms with Gasteiger partial charge in [-0.3, -0.25) is 4.79 Å². The molecule has 94 valence electrons. The molecule has 0 radical (unpaired) electrons. The molecule has 0 fully saturated rings. The molecule has 0 saturated carbocycles. The van der Waals surface area contributed by atoms with E-state index in [2.05, 4.69) is 15.9 Å². The minimum Gasteiger partial charge on any atom is -0.481 e. The maximum Gasteiger partial charge on any atom is 0.307 e. The normalized spacial score (nSPS) is 15.4. The van der Waals surface area contributed by atoms with Gasteiger partial charge in [-0.25, -0.2) is 0 Å². The smallest absolute Gasteiger partial charge is 0.307 e. The van der Waals surface area contributed by atoms with Crippen LogP contribution in [0.1, 0.15) is 39.2 Å². The van der Waals surface area contributed by atoms with Gasteiger partial charge in [-0.2, -0.15) is 0 Å². The summed E-state index contributed by atoms with van der Waals surface area (Å²) in [7, 11) is 0. The minimum absolute atomic E-state index is 0.000556. The van der Waals surface area contributed by atoms with Crippen molar-refractivity contribution in [2.24, 2.45) is 11.3 Å². The molecule has 0 amide bonds. The summed E-state index contributed by atoms with van der Waals surface area (Å²) in [5.41, 5.74) is 0.814. The number of carboxylic acid groups (broad SMARTS) is 1. The number of carboxylic acids is 1. The Labute approximate surface area is 111 Å². The van der Waals surface area contributed by atoms with Crippen molar-refractivity contribution in [3.05, 3.63) is 34.3 Å². The highest BCUT2D eigenvalue weighted by molar-refractivity contribution is 9.10. The molecule has 0 aliphatic carbocycles. The van der Waals surface area contributed by atoms with E-state index in [0.29, 0.717) is 0 Å². The van der Waals surface area contributed by atoms with Crippen LogP contribution < -0.4 is 0 Å². The van der Waals surface area contributed by atoms with E-state index in [4.69, 9.17) is 0 Å². The van der Waals surface area contributed by atoms with Crippen LogP contribution in [0.4, 0.5) is 0 Å². The van der Waals surface area contributed by atoms with Gasteiger partial charge in [-0.05, 0) is 29.0 Å². The van der Waals surface area contributed by atoms with Crippen molar-refractivity contribution in [3.63, 3.8) is 0 Å². The highest BCUT2D eigenvalue weighted by Gasteiger charge is 2.36. The van der Waals surface area contributed by atoms with Crippen LogP contribution in [0.25, 0.3) is 0 Å². The molecule has 2 atom stereocenters. The third kappa shape index (κ3) is 3.56. The van der Waals surface area contributed by atoms with E-state index in [1.165, 1.54) is 0 Å². The molecule has 0 heterocycles. The Morgan fingerprint density at radius 1 is 1.24 bits per heavy atom. The van der Waals surface area contributed by atoms with E-state index in [-0.39, 0.29) is 17.3 Å². The number of hydrogen-bond acceptors (Lipinski definition) is 1. The van der Waals surface area contributed by atoms with Crippen LogP contribution in [0.3, 0.4) is 0 Å². The van der Waals surface area contributed by atoms with Gasteiger partial charge in [0.2, 0.25) is 0 Å². The molecule has 17 heavy (non-hydrogen) atoms. The lowest BCUT2D eigenvalue weighted by Gasteiger charge is -2.32. The van der Waals surface area contributed by atoms with Crippen LogP contribution in [-0.2, 0) is 4.79 Å². The predicted molar refractivity (Wildman–Crippen MR) is 73.1 cm³/mol. The van der Waals surface area contributed by atoms with Crippen molar-refractivity contribution in [1.29, 1.82) is 0 Å². The first-order valence-electron chi connectivity index (χ1n) is 5.71. The lowest BCUT2D eigenvalue weighted by Crippen LogP contribution is -2.32. The topological polar surface area (TPSA) is 37.3 Å². The Morgan fingerprint density at radius 2 is 1.71 bits per heavy atom. The van der Waals surface area contributed by atoms with E-state index in [1.807, 2.05) is 52.0 Å². The zero-order chi connectivity index (χ0) is 13.2. The van der Waals surface area contributed by atoms with E-state index in [1.54, 1.807) is 0 Å². The first-order valence-corrected chi connectivity index (χ1v) is 6.51. The lowest BCUT2D eigenvalue weighted by atomic mass is 9.71. The fraction of sp³-hybridized carbons (Fsp3) is 0.500. The monoisotopic (exact) mass is 298 g/mol. The summed E-state index contributed by atoms with van der Waals surface area (Å²) in [6.45, 7) is 7.90. The van der Waals surface area contributed by atoms with E-state index < -0.39 is 5.97 Å². The number of hydrogen-bond donors (Lipinski definition) is 1. The zero-order valence-corrected chi connectivity index (χ0v) is 12.3. The van der Waals surface area contributed by atoms with E-state index in [9.17, 15) is 9.90 Å². The number of carbonyl (C=O) groups is 1. The molecular weight excluding hydrogens is 280 g/mol. The maximum atomic E-state index is 11.4. The molecular formula is C14H19BrO2. The molecule has 0 saturated heterocycles. The second kappa shape index (κ2) is 5.21. The summed E-state index contributed by atoms with van der Waals surface area (Å²) < 4.78 is 1.01. The van der Waals surface area contributed by atoms with Crippen molar-refractivity contribution in [3.8, 4) is 0 Å². The fourth-order valence-electron chi connectivity index (χ4n) is 2.29. The number of halogens is 1. The van der Waals surface area contributed by atoms with Gasteiger partial charge in [0, 0.05) is 4.47 Å². The zero-order valence-electron chi connectivity index (χ0n) is 10.7. The molecule has 0 spiro atoms. The summed E-state index contributed by atoms with van der Waals surface area (Å²) in [6, 6.07) is 7.87. The Balaban J connectivity index is 3.04. The first kappa shape index (κ1) is 14.2. The first-order chi connectivity index (χ1) is 7.73. The number of rotatable bonds is 3. The lowest BCUT2D eigenvalue weighted by molar-refractivity contribution is -0.146. The molecule has 0 aliphatic rings. The summed E-state index contributed by atoms with van der Waals surface area (Å²) in [6.07, 6.45) is 0. The molecule has 1 rings (SSSR count). The second-order valence-electron chi connectivity index (χ2n) is 5.52. The van der Waals surface area contributed by atoms with Gasteiger partial charge in [0.15, 0.2) is 0 Å². The van der Waals surface area contributed by atoms with Crippen LogP contribution in [0, 0.1) is 11.3 Å². The number of aliphatic carboxylic acids is 1. The van der Waals surface area contributed by atoms with Crippen molar-refractivity contribution in [1.82, 2.24) is 0 Å². The Bertz CT molecular complexity index is 390.